The number of nitrogens with zero attached hydrogens (tertiary/aromatic N) is 1. The van der Waals surface area contributed by atoms with Crippen LogP contribution < -0.4 is 10.6 Å². The lowest BCUT2D eigenvalue weighted by atomic mass is 9.96. The Morgan fingerprint density at radius 1 is 1.26 bits per heavy atom. The predicted molar refractivity (Wildman–Crippen MR) is 138 cm³/mol. The van der Waals surface area contributed by atoms with Crippen LogP contribution in [0.2, 0.25) is 0 Å². The summed E-state index contributed by atoms with van der Waals surface area (Å²) in [5.41, 5.74) is 1.28. The van der Waals surface area contributed by atoms with Crippen LogP contribution in [0.5, 0.6) is 0 Å². The Morgan fingerprint density at radius 2 is 2.00 bits per heavy atom. The topological polar surface area (TPSA) is 121 Å². The summed E-state index contributed by atoms with van der Waals surface area (Å²) < 4.78 is 19.5. The van der Waals surface area contributed by atoms with E-state index in [4.69, 9.17) is 4.74 Å². The van der Waals surface area contributed by atoms with Gasteiger partial charge in [0.05, 0.1) is 12.6 Å². The molecule has 3 aliphatic rings. The summed E-state index contributed by atoms with van der Waals surface area (Å²) in [4.78, 5) is 56.6. The highest BCUT2D eigenvalue weighted by Gasteiger charge is 2.69. The maximum atomic E-state index is 14.6. The number of nitrogens with one attached hydrogen (secondary N) is 3. The van der Waals surface area contributed by atoms with Gasteiger partial charge in [-0.25, -0.2) is 9.18 Å². The summed E-state index contributed by atoms with van der Waals surface area (Å²) in [5.74, 6) is -2.28. The van der Waals surface area contributed by atoms with Gasteiger partial charge >= 0.3 is 5.97 Å². The summed E-state index contributed by atoms with van der Waals surface area (Å²) in [7, 11) is 1.24. The summed E-state index contributed by atoms with van der Waals surface area (Å²) in [6.07, 6.45) is 0.699. The highest BCUT2D eigenvalue weighted by atomic mass is 19.1. The molecule has 5 atom stereocenters. The number of esters is 1. The number of ether oxygens (including phenoxy) is 1. The number of benzene rings is 1. The molecule has 2 aromatic rings. The van der Waals surface area contributed by atoms with Crippen molar-refractivity contribution in [2.75, 3.05) is 20.2 Å². The van der Waals surface area contributed by atoms with Crippen molar-refractivity contribution in [3.63, 3.8) is 0 Å². The van der Waals surface area contributed by atoms with E-state index in [0.717, 1.165) is 5.56 Å². The first-order valence-corrected chi connectivity index (χ1v) is 13.2. The first kappa shape index (κ1) is 26.2. The van der Waals surface area contributed by atoms with Crippen molar-refractivity contribution < 1.29 is 28.3 Å². The van der Waals surface area contributed by atoms with Crippen LogP contribution >= 0.6 is 0 Å². The zero-order chi connectivity index (χ0) is 27.5. The van der Waals surface area contributed by atoms with E-state index in [-0.39, 0.29) is 52.6 Å². The maximum Gasteiger partial charge on any atom is 0.328 e. The first-order valence-electron chi connectivity index (χ1n) is 13.2. The van der Waals surface area contributed by atoms with Crippen LogP contribution in [-0.4, -0.2) is 65.9 Å². The standard InChI is InChI=1S/C28H35FN4O5/c1-13(2)15-6-7-18(29)22-16(15)11-19(31-22)26(36)33-12-17-21(28(17,3)4)23(33)25(35)32-20(27(37)38-5)10-14-8-9-30-24(14)34/h6-7,11,13-14,17,20-21,23,31H,8-10,12H2,1-5H3,(H,30,34)(H,32,35)/t14-,17-,20-,21-,23-/m0/s1. The SMILES string of the molecule is COC(=O)[C@H](C[C@@H]1CCNC1=O)NC(=O)[C@@H]1[C@@H]2[C@H](CN1C(=O)c1cc3c(C(C)C)ccc(F)c3[nH]1)C2(C)C. The minimum atomic E-state index is -1.00. The van der Waals surface area contributed by atoms with E-state index in [2.05, 4.69) is 29.5 Å². The van der Waals surface area contributed by atoms with Crippen molar-refractivity contribution in [1.29, 1.82) is 0 Å². The average Bonchev–Trinajstić information content (AvgIpc) is 3.39. The fourth-order valence-electron chi connectivity index (χ4n) is 6.54. The highest BCUT2D eigenvalue weighted by Crippen LogP contribution is 2.65. The van der Waals surface area contributed by atoms with Crippen LogP contribution in [0.15, 0.2) is 18.2 Å². The van der Waals surface area contributed by atoms with Gasteiger partial charge in [-0.05, 0) is 53.7 Å². The number of methoxy groups -OCH3 is 1. The second kappa shape index (κ2) is 9.39. The van der Waals surface area contributed by atoms with Crippen LogP contribution in [-0.2, 0) is 19.1 Å². The van der Waals surface area contributed by atoms with E-state index in [1.807, 2.05) is 13.8 Å². The van der Waals surface area contributed by atoms with Crippen molar-refractivity contribution >= 4 is 34.6 Å². The number of aromatic amines is 1. The first-order chi connectivity index (χ1) is 17.9. The van der Waals surface area contributed by atoms with Gasteiger partial charge in [0, 0.05) is 24.4 Å². The van der Waals surface area contributed by atoms with Gasteiger partial charge in [-0.3, -0.25) is 14.4 Å². The second-order valence-corrected chi connectivity index (χ2v) is 11.7. The molecule has 1 aromatic heterocycles. The number of carbonyl (C=O) groups is 4. The molecule has 1 saturated carbocycles. The Morgan fingerprint density at radius 3 is 2.63 bits per heavy atom. The quantitative estimate of drug-likeness (QED) is 0.479. The number of hydrogen-bond acceptors (Lipinski definition) is 5. The molecule has 0 unspecified atom stereocenters. The van der Waals surface area contributed by atoms with E-state index in [9.17, 15) is 23.6 Å². The van der Waals surface area contributed by atoms with Crippen molar-refractivity contribution in [2.45, 2.75) is 58.5 Å². The van der Waals surface area contributed by atoms with E-state index >= 15 is 0 Å². The summed E-state index contributed by atoms with van der Waals surface area (Å²) in [6, 6.07) is 2.98. The number of fused-ring (bicyclic) bond motifs is 2. The fourth-order valence-corrected chi connectivity index (χ4v) is 6.54. The Kier molecular flexibility index (Phi) is 6.47. The third-order valence-corrected chi connectivity index (χ3v) is 8.85. The van der Waals surface area contributed by atoms with Crippen LogP contribution in [0.3, 0.4) is 0 Å². The molecule has 1 aromatic carbocycles. The number of amides is 3. The third-order valence-electron chi connectivity index (χ3n) is 8.85. The number of H-pyrrole nitrogens is 1. The fraction of sp³-hybridized carbons (Fsp3) is 0.571. The summed E-state index contributed by atoms with van der Waals surface area (Å²) in [6.45, 7) is 9.06. The van der Waals surface area contributed by atoms with Crippen molar-refractivity contribution in [3.8, 4) is 0 Å². The predicted octanol–water partition coefficient (Wildman–Crippen LogP) is 2.71. The summed E-state index contributed by atoms with van der Waals surface area (Å²) in [5, 5.41) is 6.18. The molecule has 2 aliphatic heterocycles. The van der Waals surface area contributed by atoms with E-state index < -0.39 is 35.7 Å². The average molecular weight is 527 g/mol. The monoisotopic (exact) mass is 526 g/mol. The lowest BCUT2D eigenvalue weighted by Crippen LogP contribution is -2.54. The largest absolute Gasteiger partial charge is 0.467 e. The molecule has 0 spiro atoms. The Balaban J connectivity index is 1.42. The lowest BCUT2D eigenvalue weighted by molar-refractivity contribution is -0.146. The minimum Gasteiger partial charge on any atom is -0.467 e. The number of carbonyl (C=O) groups excluding carboxylic acids is 4. The van der Waals surface area contributed by atoms with Crippen molar-refractivity contribution in [1.82, 2.24) is 20.5 Å². The van der Waals surface area contributed by atoms with Crippen LogP contribution in [0, 0.1) is 29.0 Å². The summed E-state index contributed by atoms with van der Waals surface area (Å²) >= 11 is 0. The van der Waals surface area contributed by atoms with Gasteiger partial charge < -0.3 is 25.3 Å². The molecule has 5 rings (SSSR count). The molecule has 0 bridgehead atoms. The van der Waals surface area contributed by atoms with Gasteiger partial charge in [0.2, 0.25) is 11.8 Å². The number of likely N-dealkylation sites (tertiary alicyclic amines) is 1. The zero-order valence-corrected chi connectivity index (χ0v) is 22.4. The molecule has 9 nitrogen and oxygen atoms in total. The molecular formula is C28H35FN4O5. The lowest BCUT2D eigenvalue weighted by Gasteiger charge is -2.31. The minimum absolute atomic E-state index is 0.0770. The molecule has 0 radical (unpaired) electrons. The van der Waals surface area contributed by atoms with Crippen LogP contribution in [0.25, 0.3) is 10.9 Å². The number of rotatable bonds is 7. The van der Waals surface area contributed by atoms with E-state index in [1.54, 1.807) is 12.1 Å². The van der Waals surface area contributed by atoms with Crippen LogP contribution in [0.4, 0.5) is 4.39 Å². The Hall–Kier alpha value is -3.43. The van der Waals surface area contributed by atoms with E-state index in [1.165, 1.54) is 18.1 Å². The Bertz CT molecular complexity index is 1320. The molecule has 3 heterocycles. The van der Waals surface area contributed by atoms with Crippen LogP contribution in [0.1, 0.15) is 62.5 Å². The Labute approximate surface area is 220 Å². The number of aromatic nitrogens is 1. The van der Waals surface area contributed by atoms with Crippen molar-refractivity contribution in [3.05, 3.63) is 35.3 Å². The second-order valence-electron chi connectivity index (χ2n) is 11.7. The molecule has 10 heteroatoms. The van der Waals surface area contributed by atoms with Gasteiger partial charge in [0.15, 0.2) is 0 Å². The molecule has 3 amide bonds. The number of piperidine rings is 1. The molecule has 3 fully saturated rings. The van der Waals surface area contributed by atoms with Gasteiger partial charge in [0.25, 0.3) is 5.91 Å². The molecule has 2 saturated heterocycles. The normalized spacial score (nSPS) is 26.3. The number of hydrogen-bond donors (Lipinski definition) is 3. The van der Waals surface area contributed by atoms with Gasteiger partial charge in [-0.1, -0.05) is 33.8 Å². The van der Waals surface area contributed by atoms with Crippen molar-refractivity contribution in [2.24, 2.45) is 23.2 Å². The van der Waals surface area contributed by atoms with Gasteiger partial charge in [0.1, 0.15) is 23.6 Å². The number of halogens is 1. The third kappa shape index (κ3) is 4.23. The molecule has 1 aliphatic carbocycles. The molecule has 3 N–H and O–H groups in total. The zero-order valence-electron chi connectivity index (χ0n) is 22.4. The molecule has 38 heavy (non-hydrogen) atoms. The van der Waals surface area contributed by atoms with Gasteiger partial charge in [-0.15, -0.1) is 0 Å². The highest BCUT2D eigenvalue weighted by molar-refractivity contribution is 6.02. The smallest absolute Gasteiger partial charge is 0.328 e. The maximum absolute atomic E-state index is 14.6. The van der Waals surface area contributed by atoms with E-state index in [0.29, 0.717) is 24.9 Å². The van der Waals surface area contributed by atoms with Gasteiger partial charge in [-0.2, -0.15) is 0 Å². The molecule has 204 valence electrons. The molecular weight excluding hydrogens is 491 g/mol.